The minimum Gasteiger partial charge on any atom is -0.355 e. The number of halogens is 1. The third-order valence-corrected chi connectivity index (χ3v) is 2.69. The molecule has 0 radical (unpaired) electrons. The molecule has 2 heterocycles. The Kier molecular flexibility index (Phi) is 2.61. The van der Waals surface area contributed by atoms with Crippen LogP contribution in [0, 0.1) is 5.95 Å². The summed E-state index contributed by atoms with van der Waals surface area (Å²) in [6, 6.07) is 10.9. The second-order valence-corrected chi connectivity index (χ2v) is 3.89. The summed E-state index contributed by atoms with van der Waals surface area (Å²) < 4.78 is 13.0. The van der Waals surface area contributed by atoms with Gasteiger partial charge in [0.1, 0.15) is 0 Å². The summed E-state index contributed by atoms with van der Waals surface area (Å²) >= 11 is 0. The number of nitrogens with zero attached hydrogens (tertiary/aromatic N) is 2. The smallest absolute Gasteiger partial charge is 0.214 e. The van der Waals surface area contributed by atoms with E-state index in [9.17, 15) is 4.39 Å². The molecule has 0 aliphatic rings. The van der Waals surface area contributed by atoms with Crippen LogP contribution >= 0.6 is 0 Å². The second kappa shape index (κ2) is 4.41. The van der Waals surface area contributed by atoms with Gasteiger partial charge in [-0.05, 0) is 23.6 Å². The molecule has 3 rings (SSSR count). The summed E-state index contributed by atoms with van der Waals surface area (Å²) in [6.07, 6.45) is 4.97. The molecule has 2 aromatic heterocycles. The summed E-state index contributed by atoms with van der Waals surface area (Å²) in [7, 11) is 0. The van der Waals surface area contributed by atoms with Gasteiger partial charge >= 0.3 is 0 Å². The van der Waals surface area contributed by atoms with Crippen molar-refractivity contribution in [3.8, 4) is 0 Å². The lowest BCUT2D eigenvalue weighted by Crippen LogP contribution is -1.93. The third kappa shape index (κ3) is 2.00. The molecule has 0 aliphatic carbocycles. The second-order valence-electron chi connectivity index (χ2n) is 3.89. The maximum Gasteiger partial charge on any atom is 0.214 e. The molecule has 0 saturated carbocycles. The quantitative estimate of drug-likeness (QED) is 0.695. The summed E-state index contributed by atoms with van der Waals surface area (Å²) in [5.41, 5.74) is 1.56. The van der Waals surface area contributed by atoms with E-state index in [1.165, 1.54) is 12.3 Å². The first kappa shape index (κ1) is 10.7. The van der Waals surface area contributed by atoms with Gasteiger partial charge < -0.3 is 5.32 Å². The summed E-state index contributed by atoms with van der Waals surface area (Å²) in [5.74, 6) is -0.502. The van der Waals surface area contributed by atoms with Gasteiger partial charge in [0.15, 0.2) is 0 Å². The zero-order valence-corrected chi connectivity index (χ0v) is 9.47. The molecule has 3 nitrogen and oxygen atoms in total. The zero-order chi connectivity index (χ0) is 12.4. The van der Waals surface area contributed by atoms with Crippen LogP contribution in [0.3, 0.4) is 0 Å². The highest BCUT2D eigenvalue weighted by molar-refractivity contribution is 5.94. The van der Waals surface area contributed by atoms with Crippen LogP contribution in [0.1, 0.15) is 0 Å². The molecule has 0 unspecified atom stereocenters. The van der Waals surface area contributed by atoms with Crippen molar-refractivity contribution in [2.24, 2.45) is 0 Å². The molecule has 0 aliphatic heterocycles. The summed E-state index contributed by atoms with van der Waals surface area (Å²) in [5, 5.41) is 5.25. The molecule has 3 aromatic rings. The molecular weight excluding hydrogens is 229 g/mol. The average Bonchev–Trinajstić information content (AvgIpc) is 2.39. The van der Waals surface area contributed by atoms with Crippen molar-refractivity contribution in [3.05, 3.63) is 60.9 Å². The minimum atomic E-state index is -0.502. The fourth-order valence-electron chi connectivity index (χ4n) is 1.86. The van der Waals surface area contributed by atoms with E-state index in [1.54, 1.807) is 18.5 Å². The standard InChI is InChI=1S/C14H10FN3/c15-14-8-11(5-7-17-14)18-13-3-1-2-10-4-6-16-9-12(10)13/h1-9H,(H,17,18). The number of fused-ring (bicyclic) bond motifs is 1. The number of anilines is 2. The Morgan fingerprint density at radius 1 is 1.06 bits per heavy atom. The molecule has 0 bridgehead atoms. The molecule has 18 heavy (non-hydrogen) atoms. The third-order valence-electron chi connectivity index (χ3n) is 2.69. The first-order valence-electron chi connectivity index (χ1n) is 5.54. The van der Waals surface area contributed by atoms with Crippen LogP contribution in [0.2, 0.25) is 0 Å². The van der Waals surface area contributed by atoms with E-state index in [1.807, 2.05) is 24.3 Å². The Morgan fingerprint density at radius 3 is 2.89 bits per heavy atom. The van der Waals surface area contributed by atoms with Crippen molar-refractivity contribution < 1.29 is 4.39 Å². The largest absolute Gasteiger partial charge is 0.355 e. The van der Waals surface area contributed by atoms with Gasteiger partial charge in [-0.3, -0.25) is 4.98 Å². The van der Waals surface area contributed by atoms with Gasteiger partial charge in [0.2, 0.25) is 5.95 Å². The van der Waals surface area contributed by atoms with E-state index in [0.29, 0.717) is 5.69 Å². The lowest BCUT2D eigenvalue weighted by Gasteiger charge is -2.09. The number of aromatic nitrogens is 2. The highest BCUT2D eigenvalue weighted by atomic mass is 19.1. The fourth-order valence-corrected chi connectivity index (χ4v) is 1.86. The van der Waals surface area contributed by atoms with Gasteiger partial charge in [-0.25, -0.2) is 4.98 Å². The molecular formula is C14H10FN3. The van der Waals surface area contributed by atoms with Crippen molar-refractivity contribution in [1.29, 1.82) is 0 Å². The van der Waals surface area contributed by atoms with Crippen LogP contribution < -0.4 is 5.32 Å². The molecule has 1 aromatic carbocycles. The van der Waals surface area contributed by atoms with Gasteiger partial charge in [-0.15, -0.1) is 0 Å². The molecule has 1 N–H and O–H groups in total. The lowest BCUT2D eigenvalue weighted by molar-refractivity contribution is 0.584. The number of hydrogen-bond acceptors (Lipinski definition) is 3. The summed E-state index contributed by atoms with van der Waals surface area (Å²) in [6.45, 7) is 0. The molecule has 0 saturated heterocycles. The van der Waals surface area contributed by atoms with Crippen LogP contribution in [0.15, 0.2) is 55.0 Å². The van der Waals surface area contributed by atoms with Crippen LogP contribution in [-0.4, -0.2) is 9.97 Å². The highest BCUT2D eigenvalue weighted by Crippen LogP contribution is 2.25. The van der Waals surface area contributed by atoms with Gasteiger partial charge in [-0.2, -0.15) is 4.39 Å². The number of pyridine rings is 2. The molecule has 4 heteroatoms. The topological polar surface area (TPSA) is 37.8 Å². The summed E-state index contributed by atoms with van der Waals surface area (Å²) in [4.78, 5) is 7.63. The van der Waals surface area contributed by atoms with Crippen molar-refractivity contribution >= 4 is 22.1 Å². The van der Waals surface area contributed by atoms with Crippen LogP contribution in [0.4, 0.5) is 15.8 Å². The van der Waals surface area contributed by atoms with E-state index in [-0.39, 0.29) is 0 Å². The van der Waals surface area contributed by atoms with Gasteiger partial charge in [-0.1, -0.05) is 12.1 Å². The van der Waals surface area contributed by atoms with E-state index in [4.69, 9.17) is 0 Å². The Morgan fingerprint density at radius 2 is 2.00 bits per heavy atom. The Hall–Kier alpha value is -2.49. The molecule has 0 spiro atoms. The molecule has 0 fully saturated rings. The predicted octanol–water partition coefficient (Wildman–Crippen LogP) is 3.51. The van der Waals surface area contributed by atoms with Gasteiger partial charge in [0, 0.05) is 41.4 Å². The maximum absolute atomic E-state index is 13.0. The van der Waals surface area contributed by atoms with E-state index >= 15 is 0 Å². The predicted molar refractivity (Wildman–Crippen MR) is 69.2 cm³/mol. The Bertz CT molecular complexity index is 692. The Balaban J connectivity index is 2.05. The highest BCUT2D eigenvalue weighted by Gasteiger charge is 2.02. The van der Waals surface area contributed by atoms with E-state index in [0.717, 1.165) is 16.5 Å². The van der Waals surface area contributed by atoms with Crippen molar-refractivity contribution in [2.45, 2.75) is 0 Å². The van der Waals surface area contributed by atoms with Crippen molar-refractivity contribution in [1.82, 2.24) is 9.97 Å². The minimum absolute atomic E-state index is 0.502. The van der Waals surface area contributed by atoms with Crippen molar-refractivity contribution in [3.63, 3.8) is 0 Å². The average molecular weight is 239 g/mol. The fraction of sp³-hybridized carbons (Fsp3) is 0. The van der Waals surface area contributed by atoms with Crippen LogP contribution in [0.25, 0.3) is 10.8 Å². The van der Waals surface area contributed by atoms with E-state index < -0.39 is 5.95 Å². The molecule has 0 amide bonds. The van der Waals surface area contributed by atoms with Crippen molar-refractivity contribution in [2.75, 3.05) is 5.32 Å². The SMILES string of the molecule is Fc1cc(Nc2cccc3ccncc23)ccn1. The Labute approximate surface area is 103 Å². The first-order chi connectivity index (χ1) is 8.83. The maximum atomic E-state index is 13.0. The first-order valence-corrected chi connectivity index (χ1v) is 5.54. The lowest BCUT2D eigenvalue weighted by atomic mass is 10.1. The van der Waals surface area contributed by atoms with Gasteiger partial charge in [0.25, 0.3) is 0 Å². The number of hydrogen-bond donors (Lipinski definition) is 1. The number of benzene rings is 1. The number of rotatable bonds is 2. The zero-order valence-electron chi connectivity index (χ0n) is 9.47. The molecule has 0 atom stereocenters. The molecule has 88 valence electrons. The van der Waals surface area contributed by atoms with E-state index in [2.05, 4.69) is 15.3 Å². The van der Waals surface area contributed by atoms with Gasteiger partial charge in [0.05, 0.1) is 0 Å². The van der Waals surface area contributed by atoms with Crippen LogP contribution in [0.5, 0.6) is 0 Å². The number of nitrogens with one attached hydrogen (secondary N) is 1. The normalized spacial score (nSPS) is 10.5. The monoisotopic (exact) mass is 239 g/mol. The van der Waals surface area contributed by atoms with Crippen LogP contribution in [-0.2, 0) is 0 Å².